The third kappa shape index (κ3) is 5.45. The summed E-state index contributed by atoms with van der Waals surface area (Å²) in [6.45, 7) is -0.546. The average Bonchev–Trinajstić information content (AvgIpc) is 2.77. The molecule has 0 saturated carbocycles. The molecule has 0 spiro atoms. The van der Waals surface area contributed by atoms with Gasteiger partial charge in [-0.2, -0.15) is 15.0 Å². The fourth-order valence-corrected chi connectivity index (χ4v) is 3.00. The largest absolute Gasteiger partial charge is 0.482 e. The van der Waals surface area contributed by atoms with Crippen LogP contribution in [0.15, 0.2) is 42.5 Å². The Hall–Kier alpha value is -4.28. The van der Waals surface area contributed by atoms with Gasteiger partial charge in [-0.05, 0) is 54.4 Å². The van der Waals surface area contributed by atoms with Crippen LogP contribution in [0, 0.1) is 5.82 Å². The van der Waals surface area contributed by atoms with Gasteiger partial charge in [-0.3, -0.25) is 4.79 Å². The molecule has 0 atom stereocenters. The summed E-state index contributed by atoms with van der Waals surface area (Å²) in [5.74, 6) is -0.317. The van der Waals surface area contributed by atoms with Gasteiger partial charge in [0.2, 0.25) is 17.8 Å². The van der Waals surface area contributed by atoms with Crippen LogP contribution in [-0.2, 0) is 27.4 Å². The number of carbonyl (C=O) groups is 2. The Labute approximate surface area is 182 Å². The maximum absolute atomic E-state index is 13.0. The maximum atomic E-state index is 13.0. The van der Waals surface area contributed by atoms with Crippen molar-refractivity contribution in [2.24, 2.45) is 0 Å². The first-order valence-electron chi connectivity index (χ1n) is 9.69. The number of hydrogen-bond acceptors (Lipinski definition) is 9. The number of ether oxygens (including phenoxy) is 2. The minimum absolute atomic E-state index is 0.0234. The summed E-state index contributed by atoms with van der Waals surface area (Å²) in [5.41, 5.74) is 7.93. The van der Waals surface area contributed by atoms with Gasteiger partial charge in [-0.15, -0.1) is 0 Å². The normalized spacial score (nSPS) is 12.5. The van der Waals surface area contributed by atoms with Crippen molar-refractivity contribution < 1.29 is 23.5 Å². The number of nitrogens with two attached hydrogens (primary N) is 1. The molecule has 10 nitrogen and oxygen atoms in total. The van der Waals surface area contributed by atoms with E-state index in [0.717, 1.165) is 11.3 Å². The number of nitrogens with zero attached hydrogens (tertiary/aromatic N) is 3. The molecule has 0 aliphatic carbocycles. The topological polar surface area (TPSA) is 141 Å². The third-order valence-corrected chi connectivity index (χ3v) is 4.49. The minimum Gasteiger partial charge on any atom is -0.482 e. The second-order valence-electron chi connectivity index (χ2n) is 6.88. The molecule has 0 bridgehead atoms. The molecule has 2 heterocycles. The summed E-state index contributed by atoms with van der Waals surface area (Å²) >= 11 is 0. The quantitative estimate of drug-likeness (QED) is 0.474. The van der Waals surface area contributed by atoms with E-state index in [1.807, 2.05) is 0 Å². The number of esters is 1. The molecular weight excluding hydrogens is 419 g/mol. The summed E-state index contributed by atoms with van der Waals surface area (Å²) in [7, 11) is 0. The molecule has 0 saturated heterocycles. The number of amides is 1. The van der Waals surface area contributed by atoms with E-state index in [1.54, 1.807) is 18.2 Å². The lowest BCUT2D eigenvalue weighted by Crippen LogP contribution is -2.19. The van der Waals surface area contributed by atoms with Gasteiger partial charge in [0.15, 0.2) is 19.0 Å². The fraction of sp³-hybridized carbons (Fsp3) is 0.190. The molecule has 0 unspecified atom stereocenters. The van der Waals surface area contributed by atoms with Crippen LogP contribution in [0.5, 0.6) is 5.75 Å². The Morgan fingerprint density at radius 1 is 1.12 bits per heavy atom. The Bertz CT molecular complexity index is 1160. The number of benzene rings is 2. The highest BCUT2D eigenvalue weighted by atomic mass is 19.1. The highest BCUT2D eigenvalue weighted by molar-refractivity contribution is 5.94. The summed E-state index contributed by atoms with van der Waals surface area (Å²) < 4.78 is 23.6. The van der Waals surface area contributed by atoms with E-state index in [2.05, 4.69) is 25.6 Å². The highest BCUT2D eigenvalue weighted by Gasteiger charge is 2.16. The van der Waals surface area contributed by atoms with E-state index in [9.17, 15) is 14.0 Å². The van der Waals surface area contributed by atoms with Crippen LogP contribution in [0.25, 0.3) is 0 Å². The summed E-state index contributed by atoms with van der Waals surface area (Å²) in [5, 5.41) is 5.65. The zero-order valence-electron chi connectivity index (χ0n) is 16.8. The standard InChI is InChI=1S/C21H19FN6O4/c22-13-2-4-14(5-3-13)24-21-27-17(26-20(23)28-21)10-32-19(30)11-31-15-6-7-16-12(9-15)1-8-18(29)25-16/h2-7,9H,1,8,10-11H2,(H,25,29)(H3,23,24,26,27,28). The number of aryl methyl sites for hydroxylation is 1. The first-order valence-corrected chi connectivity index (χ1v) is 9.69. The van der Waals surface area contributed by atoms with Gasteiger partial charge in [-0.25, -0.2) is 9.18 Å². The van der Waals surface area contributed by atoms with Gasteiger partial charge in [0.05, 0.1) is 0 Å². The van der Waals surface area contributed by atoms with E-state index >= 15 is 0 Å². The van der Waals surface area contributed by atoms with Crippen molar-refractivity contribution in [3.63, 3.8) is 0 Å². The van der Waals surface area contributed by atoms with Crippen LogP contribution in [0.3, 0.4) is 0 Å². The van der Waals surface area contributed by atoms with Crippen LogP contribution >= 0.6 is 0 Å². The molecular formula is C21H19FN6O4. The molecule has 1 aromatic heterocycles. The van der Waals surface area contributed by atoms with Crippen LogP contribution in [-0.4, -0.2) is 33.4 Å². The first kappa shape index (κ1) is 21.0. The number of nitrogens with one attached hydrogen (secondary N) is 2. The Morgan fingerprint density at radius 3 is 2.75 bits per heavy atom. The second kappa shape index (κ2) is 9.25. The van der Waals surface area contributed by atoms with Crippen LogP contribution < -0.4 is 21.1 Å². The number of fused-ring (bicyclic) bond motifs is 1. The Morgan fingerprint density at radius 2 is 1.94 bits per heavy atom. The van der Waals surface area contributed by atoms with Crippen molar-refractivity contribution >= 4 is 35.1 Å². The van der Waals surface area contributed by atoms with E-state index < -0.39 is 5.97 Å². The number of aromatic nitrogens is 3. The number of anilines is 4. The Balaban J connectivity index is 1.30. The van der Waals surface area contributed by atoms with Crippen LogP contribution in [0.1, 0.15) is 17.8 Å². The van der Waals surface area contributed by atoms with Crippen molar-refractivity contribution in [2.45, 2.75) is 19.4 Å². The van der Waals surface area contributed by atoms with Crippen molar-refractivity contribution in [2.75, 3.05) is 23.0 Å². The SMILES string of the molecule is Nc1nc(COC(=O)COc2ccc3c(c2)CCC(=O)N3)nc(Nc2ccc(F)cc2)n1. The molecule has 4 rings (SSSR count). The number of carbonyl (C=O) groups excluding carboxylic acids is 2. The van der Waals surface area contributed by atoms with Crippen LogP contribution in [0.2, 0.25) is 0 Å². The molecule has 0 radical (unpaired) electrons. The number of hydrogen-bond donors (Lipinski definition) is 3. The third-order valence-electron chi connectivity index (χ3n) is 4.49. The molecule has 1 aliphatic heterocycles. The summed E-state index contributed by atoms with van der Waals surface area (Å²) in [4.78, 5) is 35.5. The van der Waals surface area contributed by atoms with Crippen molar-refractivity contribution in [1.29, 1.82) is 0 Å². The minimum atomic E-state index is -0.622. The second-order valence-corrected chi connectivity index (χ2v) is 6.88. The van der Waals surface area contributed by atoms with E-state index in [1.165, 1.54) is 24.3 Å². The molecule has 1 aliphatic rings. The zero-order chi connectivity index (χ0) is 22.5. The predicted octanol–water partition coefficient (Wildman–Crippen LogP) is 2.34. The number of halogens is 1. The van der Waals surface area contributed by atoms with Crippen molar-refractivity contribution in [3.8, 4) is 5.75 Å². The molecule has 2 aromatic carbocycles. The van der Waals surface area contributed by atoms with E-state index in [0.29, 0.717) is 24.3 Å². The lowest BCUT2D eigenvalue weighted by Gasteiger charge is -2.17. The van der Waals surface area contributed by atoms with Crippen molar-refractivity contribution in [1.82, 2.24) is 15.0 Å². The molecule has 3 aromatic rings. The lowest BCUT2D eigenvalue weighted by atomic mass is 10.0. The first-order chi connectivity index (χ1) is 15.4. The maximum Gasteiger partial charge on any atom is 0.344 e. The van der Waals surface area contributed by atoms with Gasteiger partial charge in [0, 0.05) is 17.8 Å². The molecule has 1 amide bonds. The predicted molar refractivity (Wildman–Crippen MR) is 113 cm³/mol. The van der Waals surface area contributed by atoms with Crippen molar-refractivity contribution in [3.05, 3.63) is 59.7 Å². The van der Waals surface area contributed by atoms with Gasteiger partial charge in [-0.1, -0.05) is 0 Å². The monoisotopic (exact) mass is 438 g/mol. The molecule has 0 fully saturated rings. The van der Waals surface area contributed by atoms with Gasteiger partial charge in [0.25, 0.3) is 0 Å². The smallest absolute Gasteiger partial charge is 0.344 e. The Kier molecular flexibility index (Phi) is 6.06. The number of rotatable bonds is 7. The molecule has 11 heteroatoms. The zero-order valence-corrected chi connectivity index (χ0v) is 16.8. The molecule has 4 N–H and O–H groups in total. The van der Waals surface area contributed by atoms with Gasteiger partial charge in [0.1, 0.15) is 11.6 Å². The average molecular weight is 438 g/mol. The van der Waals surface area contributed by atoms with Gasteiger partial charge < -0.3 is 25.8 Å². The highest BCUT2D eigenvalue weighted by Crippen LogP contribution is 2.26. The molecule has 164 valence electrons. The van der Waals surface area contributed by atoms with E-state index in [4.69, 9.17) is 15.2 Å². The summed E-state index contributed by atoms with van der Waals surface area (Å²) in [6, 6.07) is 10.8. The lowest BCUT2D eigenvalue weighted by molar-refractivity contribution is -0.147. The fourth-order valence-electron chi connectivity index (χ4n) is 3.00. The summed E-state index contributed by atoms with van der Waals surface area (Å²) in [6.07, 6.45) is 1.02. The molecule has 32 heavy (non-hydrogen) atoms. The number of nitrogen functional groups attached to an aromatic ring is 1. The van der Waals surface area contributed by atoms with Crippen LogP contribution in [0.4, 0.5) is 27.7 Å². The van der Waals surface area contributed by atoms with Gasteiger partial charge >= 0.3 is 5.97 Å². The van der Waals surface area contributed by atoms with E-state index in [-0.39, 0.29) is 42.7 Å².